The Hall–Kier alpha value is -1.22. The molecule has 1 saturated carbocycles. The first-order chi connectivity index (χ1) is 8.10. The van der Waals surface area contributed by atoms with E-state index < -0.39 is 0 Å². The maximum atomic E-state index is 6.01. The number of hydrogen-bond acceptors (Lipinski definition) is 3. The van der Waals surface area contributed by atoms with E-state index in [-0.39, 0.29) is 0 Å². The Morgan fingerprint density at radius 2 is 2.18 bits per heavy atom. The molecule has 17 heavy (non-hydrogen) atoms. The summed E-state index contributed by atoms with van der Waals surface area (Å²) in [4.78, 5) is 2.35. The van der Waals surface area contributed by atoms with Crippen LogP contribution in [0.25, 0.3) is 0 Å². The van der Waals surface area contributed by atoms with Crippen LogP contribution in [0.1, 0.15) is 18.9 Å². The largest absolute Gasteiger partial charge is 0.497 e. The van der Waals surface area contributed by atoms with E-state index in [1.165, 1.54) is 18.5 Å². The van der Waals surface area contributed by atoms with Crippen LogP contribution in [0.4, 0.5) is 5.69 Å². The molecule has 94 valence electrons. The maximum absolute atomic E-state index is 6.01. The number of ether oxygens (including phenoxy) is 1. The monoisotopic (exact) mass is 234 g/mol. The van der Waals surface area contributed by atoms with Crippen LogP contribution in [0.5, 0.6) is 5.75 Å². The van der Waals surface area contributed by atoms with Crippen molar-refractivity contribution in [1.29, 1.82) is 0 Å². The Morgan fingerprint density at radius 1 is 1.47 bits per heavy atom. The summed E-state index contributed by atoms with van der Waals surface area (Å²) in [5, 5.41) is 0. The van der Waals surface area contributed by atoms with E-state index in [1.807, 2.05) is 12.1 Å². The second kappa shape index (κ2) is 4.96. The lowest BCUT2D eigenvalue weighted by molar-refractivity contribution is 0.308. The molecule has 1 fully saturated rings. The predicted octanol–water partition coefficient (Wildman–Crippen LogP) is 2.37. The van der Waals surface area contributed by atoms with E-state index in [4.69, 9.17) is 10.5 Å². The van der Waals surface area contributed by atoms with Crippen LogP contribution in [0.3, 0.4) is 0 Å². The van der Waals surface area contributed by atoms with Gasteiger partial charge in [0.25, 0.3) is 0 Å². The van der Waals surface area contributed by atoms with Gasteiger partial charge in [-0.15, -0.1) is 0 Å². The van der Waals surface area contributed by atoms with Crippen LogP contribution in [0.2, 0.25) is 0 Å². The molecule has 0 saturated heterocycles. The first-order valence-corrected chi connectivity index (χ1v) is 6.21. The maximum Gasteiger partial charge on any atom is 0.120 e. The summed E-state index contributed by atoms with van der Waals surface area (Å²) in [6.45, 7) is 4.41. The van der Waals surface area contributed by atoms with Crippen LogP contribution in [0.15, 0.2) is 18.2 Å². The van der Waals surface area contributed by atoms with Gasteiger partial charge >= 0.3 is 0 Å². The van der Waals surface area contributed by atoms with Crippen molar-refractivity contribution in [3.8, 4) is 5.75 Å². The van der Waals surface area contributed by atoms with E-state index in [0.717, 1.165) is 29.8 Å². The number of methoxy groups -OCH3 is 1. The molecule has 1 aliphatic carbocycles. The fraction of sp³-hybridized carbons (Fsp3) is 0.571. The average Bonchev–Trinajstić information content (AvgIpc) is 2.97. The van der Waals surface area contributed by atoms with Gasteiger partial charge in [-0.25, -0.2) is 0 Å². The zero-order valence-corrected chi connectivity index (χ0v) is 10.9. The summed E-state index contributed by atoms with van der Waals surface area (Å²) < 4.78 is 5.15. The van der Waals surface area contributed by atoms with Crippen molar-refractivity contribution in [3.05, 3.63) is 23.8 Å². The quantitative estimate of drug-likeness (QED) is 0.795. The molecule has 0 radical (unpaired) electrons. The summed E-state index contributed by atoms with van der Waals surface area (Å²) >= 11 is 0. The lowest BCUT2D eigenvalue weighted by atomic mass is 10.1. The van der Waals surface area contributed by atoms with Crippen molar-refractivity contribution >= 4 is 5.69 Å². The van der Waals surface area contributed by atoms with Gasteiger partial charge < -0.3 is 15.4 Å². The van der Waals surface area contributed by atoms with Gasteiger partial charge in [0, 0.05) is 24.8 Å². The Labute approximate surface area is 104 Å². The highest BCUT2D eigenvalue weighted by Gasteiger charge is 2.33. The lowest BCUT2D eigenvalue weighted by Crippen LogP contribution is -2.21. The topological polar surface area (TPSA) is 38.5 Å². The molecule has 3 heteroatoms. The third-order valence-electron chi connectivity index (χ3n) is 3.62. The molecule has 2 N–H and O–H groups in total. The third-order valence-corrected chi connectivity index (χ3v) is 3.62. The Kier molecular flexibility index (Phi) is 3.57. The summed E-state index contributed by atoms with van der Waals surface area (Å²) in [6.07, 6.45) is 1.38. The number of benzene rings is 1. The van der Waals surface area contributed by atoms with E-state index in [9.17, 15) is 0 Å². The van der Waals surface area contributed by atoms with Gasteiger partial charge in [0.1, 0.15) is 5.75 Å². The number of nitrogens with two attached hydrogens (primary N) is 1. The summed E-state index contributed by atoms with van der Waals surface area (Å²) in [5.41, 5.74) is 8.01. The Morgan fingerprint density at radius 3 is 2.71 bits per heavy atom. The van der Waals surface area contributed by atoms with Gasteiger partial charge in [0.15, 0.2) is 0 Å². The molecule has 0 aromatic heterocycles. The summed E-state index contributed by atoms with van der Waals surface area (Å²) in [7, 11) is 3.82. The number of hydrogen-bond donors (Lipinski definition) is 1. The van der Waals surface area contributed by atoms with E-state index >= 15 is 0 Å². The molecule has 2 rings (SSSR count). The van der Waals surface area contributed by atoms with Gasteiger partial charge in [0.05, 0.1) is 7.11 Å². The molecule has 0 aliphatic heterocycles. The highest BCUT2D eigenvalue weighted by atomic mass is 16.5. The average molecular weight is 234 g/mol. The molecular formula is C14H22N2O. The minimum Gasteiger partial charge on any atom is -0.497 e. The van der Waals surface area contributed by atoms with Crippen molar-refractivity contribution in [2.24, 2.45) is 11.8 Å². The highest BCUT2D eigenvalue weighted by Crippen LogP contribution is 2.38. The number of nitrogens with zero attached hydrogens (tertiary/aromatic N) is 1. The van der Waals surface area contributed by atoms with Crippen LogP contribution >= 0.6 is 0 Å². The molecule has 0 heterocycles. The van der Waals surface area contributed by atoms with E-state index in [2.05, 4.69) is 24.9 Å². The Balaban J connectivity index is 1.93. The molecule has 0 spiro atoms. The normalized spacial score (nSPS) is 22.8. The van der Waals surface area contributed by atoms with Gasteiger partial charge in [-0.05, 0) is 36.9 Å². The third kappa shape index (κ3) is 3.13. The minimum atomic E-state index is 0.819. The number of anilines is 1. The second-order valence-corrected chi connectivity index (χ2v) is 5.23. The van der Waals surface area contributed by atoms with E-state index in [1.54, 1.807) is 7.11 Å². The molecule has 3 nitrogen and oxygen atoms in total. The predicted molar refractivity (Wildman–Crippen MR) is 71.0 cm³/mol. The summed E-state index contributed by atoms with van der Waals surface area (Å²) in [6, 6.07) is 5.92. The molecular weight excluding hydrogens is 212 g/mol. The van der Waals surface area contributed by atoms with Crippen LogP contribution in [0, 0.1) is 11.8 Å². The lowest BCUT2D eigenvalue weighted by Gasteiger charge is -2.18. The minimum absolute atomic E-state index is 0.819. The number of nitrogen functional groups attached to an aromatic ring is 1. The van der Waals surface area contributed by atoms with Crippen LogP contribution in [-0.4, -0.2) is 25.6 Å². The first kappa shape index (κ1) is 12.2. The van der Waals surface area contributed by atoms with Gasteiger partial charge in [-0.2, -0.15) is 0 Å². The molecule has 2 unspecified atom stereocenters. The Bertz CT molecular complexity index is 392. The molecule has 1 aromatic carbocycles. The van der Waals surface area contributed by atoms with Crippen molar-refractivity contribution in [2.75, 3.05) is 26.4 Å². The highest BCUT2D eigenvalue weighted by molar-refractivity contribution is 5.51. The zero-order chi connectivity index (χ0) is 12.4. The fourth-order valence-electron chi connectivity index (χ4n) is 2.25. The zero-order valence-electron chi connectivity index (χ0n) is 10.9. The van der Waals surface area contributed by atoms with Gasteiger partial charge in [-0.1, -0.05) is 13.0 Å². The first-order valence-electron chi connectivity index (χ1n) is 6.21. The SMILES string of the molecule is COc1ccc(CN(C)CC2CC2C)c(N)c1. The fourth-order valence-corrected chi connectivity index (χ4v) is 2.25. The smallest absolute Gasteiger partial charge is 0.120 e. The number of rotatable bonds is 5. The van der Waals surface area contributed by atoms with Crippen LogP contribution < -0.4 is 10.5 Å². The summed E-state index contributed by atoms with van der Waals surface area (Å²) in [5.74, 6) is 2.62. The second-order valence-electron chi connectivity index (χ2n) is 5.23. The van der Waals surface area contributed by atoms with E-state index in [0.29, 0.717) is 0 Å². The van der Waals surface area contributed by atoms with Gasteiger partial charge in [0.2, 0.25) is 0 Å². The van der Waals surface area contributed by atoms with Crippen molar-refractivity contribution in [1.82, 2.24) is 4.90 Å². The van der Waals surface area contributed by atoms with Crippen molar-refractivity contribution < 1.29 is 4.74 Å². The molecule has 0 bridgehead atoms. The molecule has 2 atom stereocenters. The standard InChI is InChI=1S/C14H22N2O/c1-10-6-12(10)9-16(2)8-11-4-5-13(17-3)7-14(11)15/h4-5,7,10,12H,6,8-9,15H2,1-3H3. The van der Waals surface area contributed by atoms with Gasteiger partial charge in [-0.3, -0.25) is 0 Å². The molecule has 1 aliphatic rings. The van der Waals surface area contributed by atoms with Crippen molar-refractivity contribution in [2.45, 2.75) is 19.9 Å². The van der Waals surface area contributed by atoms with Crippen LogP contribution in [-0.2, 0) is 6.54 Å². The molecule has 1 aromatic rings. The van der Waals surface area contributed by atoms with Crippen molar-refractivity contribution in [3.63, 3.8) is 0 Å². The molecule has 0 amide bonds.